The lowest BCUT2D eigenvalue weighted by molar-refractivity contribution is 0.0676. The molecule has 3 rings (SSSR count). The van der Waals surface area contributed by atoms with Gasteiger partial charge in [0.05, 0.1) is 16.7 Å². The normalized spacial score (nSPS) is 18.6. The van der Waals surface area contributed by atoms with Crippen molar-refractivity contribution >= 4 is 17.2 Å². The third-order valence-corrected chi connectivity index (χ3v) is 5.20. The maximum Gasteiger partial charge on any atom is 0.265 e. The minimum absolute atomic E-state index is 0.113. The summed E-state index contributed by atoms with van der Waals surface area (Å²) in [5, 5.41) is 5.27. The molecule has 1 aliphatic heterocycles. The van der Waals surface area contributed by atoms with Crippen molar-refractivity contribution in [3.8, 4) is 0 Å². The van der Waals surface area contributed by atoms with Crippen LogP contribution >= 0.6 is 11.3 Å². The summed E-state index contributed by atoms with van der Waals surface area (Å²) in [7, 11) is 0. The van der Waals surface area contributed by atoms with Crippen molar-refractivity contribution in [1.82, 2.24) is 24.6 Å². The Kier molecular flexibility index (Phi) is 4.52. The zero-order chi connectivity index (χ0) is 15.5. The van der Waals surface area contributed by atoms with E-state index in [4.69, 9.17) is 0 Å². The molecule has 0 aromatic carbocycles. The average molecular weight is 319 g/mol. The fourth-order valence-electron chi connectivity index (χ4n) is 2.88. The molecule has 7 heteroatoms. The Morgan fingerprint density at radius 2 is 2.36 bits per heavy atom. The van der Waals surface area contributed by atoms with Crippen molar-refractivity contribution < 1.29 is 4.79 Å². The molecular weight excluding hydrogens is 298 g/mol. The number of hydrogen-bond acceptors (Lipinski definition) is 5. The molecule has 6 nitrogen and oxygen atoms in total. The average Bonchev–Trinajstić information content (AvgIpc) is 3.17. The van der Waals surface area contributed by atoms with Gasteiger partial charge < -0.3 is 4.90 Å². The van der Waals surface area contributed by atoms with Gasteiger partial charge in [-0.2, -0.15) is 5.10 Å². The van der Waals surface area contributed by atoms with E-state index < -0.39 is 0 Å². The second kappa shape index (κ2) is 6.56. The molecule has 1 fully saturated rings. The molecule has 3 heterocycles. The van der Waals surface area contributed by atoms with Crippen LogP contribution in [-0.2, 0) is 6.42 Å². The fourth-order valence-corrected chi connectivity index (χ4v) is 4.01. The lowest BCUT2D eigenvalue weighted by atomic mass is 10.1. The first-order valence-electron chi connectivity index (χ1n) is 7.78. The van der Waals surface area contributed by atoms with E-state index in [1.807, 2.05) is 16.5 Å². The molecule has 2 aromatic heterocycles. The molecule has 22 heavy (non-hydrogen) atoms. The van der Waals surface area contributed by atoms with Gasteiger partial charge >= 0.3 is 0 Å². The summed E-state index contributed by atoms with van der Waals surface area (Å²) in [6, 6.07) is 0.225. The highest BCUT2D eigenvalue weighted by Gasteiger charge is 2.28. The van der Waals surface area contributed by atoms with Crippen molar-refractivity contribution in [1.29, 1.82) is 0 Å². The van der Waals surface area contributed by atoms with E-state index >= 15 is 0 Å². The van der Waals surface area contributed by atoms with Gasteiger partial charge in [0.15, 0.2) is 0 Å². The molecule has 2 aromatic rings. The van der Waals surface area contributed by atoms with Crippen LogP contribution in [0, 0.1) is 6.92 Å². The maximum absolute atomic E-state index is 12.8. The molecule has 0 bridgehead atoms. The topological polar surface area (TPSA) is 63.9 Å². The third-order valence-electron chi connectivity index (χ3n) is 3.99. The summed E-state index contributed by atoms with van der Waals surface area (Å²) in [5.41, 5.74) is 0.862. The van der Waals surface area contributed by atoms with Gasteiger partial charge in [0.2, 0.25) is 0 Å². The van der Waals surface area contributed by atoms with E-state index in [1.54, 1.807) is 24.0 Å². The third kappa shape index (κ3) is 3.04. The van der Waals surface area contributed by atoms with Gasteiger partial charge in [-0.05, 0) is 32.6 Å². The molecule has 1 aliphatic rings. The predicted octanol–water partition coefficient (Wildman–Crippen LogP) is 2.47. The molecule has 1 amide bonds. The summed E-state index contributed by atoms with van der Waals surface area (Å²) in [4.78, 5) is 24.1. The monoisotopic (exact) mass is 319 g/mol. The second-order valence-electron chi connectivity index (χ2n) is 5.69. The number of amides is 1. The first kappa shape index (κ1) is 15.1. The van der Waals surface area contributed by atoms with Crippen molar-refractivity contribution in [2.24, 2.45) is 0 Å². The van der Waals surface area contributed by atoms with Crippen molar-refractivity contribution in [2.75, 3.05) is 13.1 Å². The maximum atomic E-state index is 12.8. The zero-order valence-corrected chi connectivity index (χ0v) is 13.8. The Morgan fingerprint density at radius 3 is 3.09 bits per heavy atom. The number of rotatable bonds is 4. The highest BCUT2D eigenvalue weighted by Crippen LogP contribution is 2.26. The van der Waals surface area contributed by atoms with E-state index in [0.29, 0.717) is 6.54 Å². The Hall–Kier alpha value is -1.76. The molecule has 0 N–H and O–H groups in total. The number of carbonyl (C=O) groups excluding carboxylic acids is 1. The summed E-state index contributed by atoms with van der Waals surface area (Å²) in [5.74, 6) is 0.113. The van der Waals surface area contributed by atoms with Gasteiger partial charge in [-0.15, -0.1) is 11.3 Å². The van der Waals surface area contributed by atoms with Gasteiger partial charge in [-0.25, -0.2) is 14.6 Å². The number of piperidine rings is 1. The molecule has 1 saturated heterocycles. The minimum atomic E-state index is 0.113. The SMILES string of the molecule is CCCc1nc(C)c(C(=O)N2CCC[C@H](n3cncn3)C2)s1. The van der Waals surface area contributed by atoms with Crippen molar-refractivity contribution in [3.63, 3.8) is 0 Å². The lowest BCUT2D eigenvalue weighted by Crippen LogP contribution is -2.40. The van der Waals surface area contributed by atoms with E-state index in [9.17, 15) is 4.79 Å². The highest BCUT2D eigenvalue weighted by molar-refractivity contribution is 7.13. The molecule has 0 unspecified atom stereocenters. The largest absolute Gasteiger partial charge is 0.336 e. The van der Waals surface area contributed by atoms with Crippen LogP contribution in [0.15, 0.2) is 12.7 Å². The molecule has 1 atom stereocenters. The molecule has 118 valence electrons. The van der Waals surface area contributed by atoms with Crippen molar-refractivity contribution in [2.45, 2.75) is 45.6 Å². The van der Waals surface area contributed by atoms with E-state index in [0.717, 1.165) is 47.8 Å². The quantitative estimate of drug-likeness (QED) is 0.868. The molecule has 0 spiro atoms. The number of hydrogen-bond donors (Lipinski definition) is 0. The molecule has 0 aliphatic carbocycles. The number of thiazole rings is 1. The van der Waals surface area contributed by atoms with Crippen LogP contribution in [0.4, 0.5) is 0 Å². The Morgan fingerprint density at radius 1 is 1.50 bits per heavy atom. The smallest absolute Gasteiger partial charge is 0.265 e. The Bertz CT molecular complexity index is 636. The van der Waals surface area contributed by atoms with Gasteiger partial charge in [0, 0.05) is 13.1 Å². The van der Waals surface area contributed by atoms with Gasteiger partial charge in [-0.1, -0.05) is 6.92 Å². The minimum Gasteiger partial charge on any atom is -0.336 e. The summed E-state index contributed by atoms with van der Waals surface area (Å²) < 4.78 is 1.86. The summed E-state index contributed by atoms with van der Waals surface area (Å²) >= 11 is 1.55. The zero-order valence-electron chi connectivity index (χ0n) is 13.0. The first-order chi connectivity index (χ1) is 10.7. The predicted molar refractivity (Wildman–Crippen MR) is 85.0 cm³/mol. The summed E-state index contributed by atoms with van der Waals surface area (Å²) in [6.07, 6.45) is 7.31. The van der Waals surface area contributed by atoms with E-state index in [-0.39, 0.29) is 11.9 Å². The van der Waals surface area contributed by atoms with Crippen LogP contribution in [0.2, 0.25) is 0 Å². The summed E-state index contributed by atoms with van der Waals surface area (Å²) in [6.45, 7) is 5.57. The van der Waals surface area contributed by atoms with E-state index in [2.05, 4.69) is 22.0 Å². The molecule has 0 radical (unpaired) electrons. The Labute approximate surface area is 134 Å². The highest BCUT2D eigenvalue weighted by atomic mass is 32.1. The van der Waals surface area contributed by atoms with Crippen LogP contribution in [0.1, 0.15) is 52.6 Å². The van der Waals surface area contributed by atoms with Gasteiger partial charge in [0.1, 0.15) is 17.5 Å². The van der Waals surface area contributed by atoms with Crippen LogP contribution in [0.25, 0.3) is 0 Å². The number of likely N-dealkylation sites (tertiary alicyclic amines) is 1. The number of carbonyl (C=O) groups is 1. The van der Waals surface area contributed by atoms with E-state index in [1.165, 1.54) is 0 Å². The Balaban J connectivity index is 1.74. The van der Waals surface area contributed by atoms with Gasteiger partial charge in [-0.3, -0.25) is 4.79 Å². The van der Waals surface area contributed by atoms with Crippen LogP contribution < -0.4 is 0 Å². The lowest BCUT2D eigenvalue weighted by Gasteiger charge is -2.32. The number of nitrogens with zero attached hydrogens (tertiary/aromatic N) is 5. The number of aromatic nitrogens is 4. The molecular formula is C15H21N5OS. The first-order valence-corrected chi connectivity index (χ1v) is 8.60. The standard InChI is InChI=1S/C15H21N5OS/c1-3-5-13-18-11(2)14(22-13)15(21)19-7-4-6-12(8-19)20-10-16-9-17-20/h9-10,12H,3-8H2,1-2H3/t12-/m0/s1. The van der Waals surface area contributed by atoms with Crippen LogP contribution in [-0.4, -0.2) is 43.6 Å². The number of aryl methyl sites for hydroxylation is 2. The fraction of sp³-hybridized carbons (Fsp3) is 0.600. The van der Waals surface area contributed by atoms with Crippen LogP contribution in [0.5, 0.6) is 0 Å². The van der Waals surface area contributed by atoms with Crippen molar-refractivity contribution in [3.05, 3.63) is 28.2 Å². The van der Waals surface area contributed by atoms with Gasteiger partial charge in [0.25, 0.3) is 5.91 Å². The second-order valence-corrected chi connectivity index (χ2v) is 6.78. The van der Waals surface area contributed by atoms with Crippen LogP contribution in [0.3, 0.4) is 0 Å². The molecule has 0 saturated carbocycles.